The second kappa shape index (κ2) is 2.47. The number of carboxylic acid groups (broad SMARTS) is 1. The number of carbonyl (C=O) groups excluding carboxylic acids is 1. The van der Waals surface area contributed by atoms with E-state index in [-0.39, 0.29) is 11.4 Å². The summed E-state index contributed by atoms with van der Waals surface area (Å²) in [4.78, 5) is 20.8. The number of carboxylic acids is 1. The highest BCUT2D eigenvalue weighted by atomic mass is 16.4. The van der Waals surface area contributed by atoms with Crippen LogP contribution in [0.15, 0.2) is 23.8 Å². The fraction of sp³-hybridized carbons (Fsp3) is 0.143. The Morgan fingerprint density at radius 3 is 2.70 bits per heavy atom. The predicted molar refractivity (Wildman–Crippen MR) is 34.5 cm³/mol. The summed E-state index contributed by atoms with van der Waals surface area (Å²) < 4.78 is 0. The average Bonchev–Trinajstić information content (AvgIpc) is 1.88. The first-order valence-corrected chi connectivity index (χ1v) is 2.84. The van der Waals surface area contributed by atoms with Gasteiger partial charge in [0.1, 0.15) is 0 Å². The van der Waals surface area contributed by atoms with Crippen molar-refractivity contribution in [3.05, 3.63) is 23.8 Å². The third-order valence-corrected chi connectivity index (χ3v) is 1.21. The van der Waals surface area contributed by atoms with Gasteiger partial charge >= 0.3 is 5.97 Å². The molecule has 0 unspecified atom stereocenters. The summed E-state index contributed by atoms with van der Waals surface area (Å²) in [5, 5.41) is 8.40. The molecule has 0 amide bonds. The summed E-state index contributed by atoms with van der Waals surface area (Å²) in [6.45, 7) is 0. The van der Waals surface area contributed by atoms with Gasteiger partial charge in [0.05, 0.1) is 0 Å². The average molecular weight is 138 g/mol. The molecule has 10 heavy (non-hydrogen) atoms. The van der Waals surface area contributed by atoms with E-state index in [2.05, 4.69) is 0 Å². The topological polar surface area (TPSA) is 54.4 Å². The number of allylic oxidation sites excluding steroid dienone is 3. The first-order valence-electron chi connectivity index (χ1n) is 2.84. The molecule has 0 spiro atoms. The van der Waals surface area contributed by atoms with E-state index in [1.165, 1.54) is 6.08 Å². The summed E-state index contributed by atoms with van der Waals surface area (Å²) in [7, 11) is 0. The fourth-order valence-electron chi connectivity index (χ4n) is 0.730. The maximum absolute atomic E-state index is 10.6. The fourth-order valence-corrected chi connectivity index (χ4v) is 0.730. The second-order valence-corrected chi connectivity index (χ2v) is 1.98. The van der Waals surface area contributed by atoms with Crippen LogP contribution in [0.3, 0.4) is 0 Å². The van der Waals surface area contributed by atoms with Crippen LogP contribution in [0.2, 0.25) is 0 Å². The summed E-state index contributed by atoms with van der Waals surface area (Å²) >= 11 is 0. The van der Waals surface area contributed by atoms with Crippen LogP contribution in [0.4, 0.5) is 0 Å². The summed E-state index contributed by atoms with van der Waals surface area (Å²) in [5.41, 5.74) is 0.160. The SMILES string of the molecule is O=C1C=CCC(C(=O)O)=C1. The first-order chi connectivity index (χ1) is 4.70. The lowest BCUT2D eigenvalue weighted by atomic mass is 10.1. The van der Waals surface area contributed by atoms with E-state index in [1.807, 2.05) is 0 Å². The zero-order chi connectivity index (χ0) is 7.56. The van der Waals surface area contributed by atoms with Crippen molar-refractivity contribution >= 4 is 11.8 Å². The Balaban J connectivity index is 2.81. The molecule has 3 nitrogen and oxygen atoms in total. The van der Waals surface area contributed by atoms with Crippen LogP contribution >= 0.6 is 0 Å². The lowest BCUT2D eigenvalue weighted by Gasteiger charge is -1.99. The van der Waals surface area contributed by atoms with Crippen LogP contribution in [0.1, 0.15) is 6.42 Å². The number of ketones is 1. The van der Waals surface area contributed by atoms with Crippen molar-refractivity contribution in [2.75, 3.05) is 0 Å². The van der Waals surface area contributed by atoms with Crippen LogP contribution in [0.25, 0.3) is 0 Å². The van der Waals surface area contributed by atoms with E-state index >= 15 is 0 Å². The number of hydrogen-bond donors (Lipinski definition) is 1. The Morgan fingerprint density at radius 1 is 1.60 bits per heavy atom. The van der Waals surface area contributed by atoms with Crippen molar-refractivity contribution in [1.29, 1.82) is 0 Å². The zero-order valence-electron chi connectivity index (χ0n) is 5.20. The minimum Gasteiger partial charge on any atom is -0.478 e. The lowest BCUT2D eigenvalue weighted by molar-refractivity contribution is -0.133. The quantitative estimate of drug-likeness (QED) is 0.574. The van der Waals surface area contributed by atoms with Crippen molar-refractivity contribution < 1.29 is 14.7 Å². The molecule has 0 bridgehead atoms. The number of hydrogen-bond acceptors (Lipinski definition) is 2. The third-order valence-electron chi connectivity index (χ3n) is 1.21. The molecule has 0 saturated heterocycles. The maximum Gasteiger partial charge on any atom is 0.332 e. The van der Waals surface area contributed by atoms with E-state index in [0.29, 0.717) is 6.42 Å². The Bertz CT molecular complexity index is 235. The van der Waals surface area contributed by atoms with Gasteiger partial charge in [-0.25, -0.2) is 4.79 Å². The molecule has 1 aliphatic rings. The molecule has 1 aliphatic carbocycles. The molecule has 0 saturated carbocycles. The smallest absolute Gasteiger partial charge is 0.332 e. The monoisotopic (exact) mass is 138 g/mol. The van der Waals surface area contributed by atoms with Crippen LogP contribution in [0.5, 0.6) is 0 Å². The van der Waals surface area contributed by atoms with Crippen molar-refractivity contribution in [3.8, 4) is 0 Å². The van der Waals surface area contributed by atoms with Gasteiger partial charge in [-0.15, -0.1) is 0 Å². The van der Waals surface area contributed by atoms with Gasteiger partial charge < -0.3 is 5.11 Å². The number of rotatable bonds is 1. The third kappa shape index (κ3) is 1.31. The van der Waals surface area contributed by atoms with Gasteiger partial charge in [0.25, 0.3) is 0 Å². The predicted octanol–water partition coefficient (Wildman–Crippen LogP) is 0.526. The zero-order valence-corrected chi connectivity index (χ0v) is 5.20. The van der Waals surface area contributed by atoms with E-state index in [0.717, 1.165) is 6.08 Å². The van der Waals surface area contributed by atoms with E-state index in [9.17, 15) is 9.59 Å². The van der Waals surface area contributed by atoms with Crippen molar-refractivity contribution in [2.24, 2.45) is 0 Å². The largest absolute Gasteiger partial charge is 0.478 e. The molecule has 3 heteroatoms. The van der Waals surface area contributed by atoms with Crippen molar-refractivity contribution in [1.82, 2.24) is 0 Å². The van der Waals surface area contributed by atoms with Gasteiger partial charge in [-0.2, -0.15) is 0 Å². The summed E-state index contributed by atoms with van der Waals surface area (Å²) in [6.07, 6.45) is 4.40. The molecule has 0 atom stereocenters. The van der Waals surface area contributed by atoms with Gasteiger partial charge in [0.2, 0.25) is 0 Å². The minimum absolute atomic E-state index is 0.160. The van der Waals surface area contributed by atoms with Gasteiger partial charge in [-0.3, -0.25) is 4.79 Å². The van der Waals surface area contributed by atoms with E-state index in [1.54, 1.807) is 6.08 Å². The summed E-state index contributed by atoms with van der Waals surface area (Å²) in [5.74, 6) is -1.26. The van der Waals surface area contributed by atoms with E-state index in [4.69, 9.17) is 5.11 Å². The van der Waals surface area contributed by atoms with Gasteiger partial charge in [-0.1, -0.05) is 6.08 Å². The van der Waals surface area contributed by atoms with Crippen LogP contribution in [-0.2, 0) is 9.59 Å². The Labute approximate surface area is 57.7 Å². The number of carbonyl (C=O) groups is 2. The highest BCUT2D eigenvalue weighted by Gasteiger charge is 2.09. The van der Waals surface area contributed by atoms with Crippen LogP contribution in [-0.4, -0.2) is 16.9 Å². The Morgan fingerprint density at radius 2 is 2.30 bits per heavy atom. The maximum atomic E-state index is 10.6. The van der Waals surface area contributed by atoms with Crippen molar-refractivity contribution in [3.63, 3.8) is 0 Å². The van der Waals surface area contributed by atoms with Gasteiger partial charge in [-0.05, 0) is 18.6 Å². The van der Waals surface area contributed by atoms with Gasteiger partial charge in [0.15, 0.2) is 5.78 Å². The molecular formula is C7H6O3. The van der Waals surface area contributed by atoms with E-state index < -0.39 is 5.97 Å². The van der Waals surface area contributed by atoms with Crippen LogP contribution < -0.4 is 0 Å². The highest BCUT2D eigenvalue weighted by molar-refractivity contribution is 6.06. The van der Waals surface area contributed by atoms with Crippen molar-refractivity contribution in [2.45, 2.75) is 6.42 Å². The van der Waals surface area contributed by atoms with Crippen LogP contribution in [0, 0.1) is 0 Å². The molecular weight excluding hydrogens is 132 g/mol. The second-order valence-electron chi connectivity index (χ2n) is 1.98. The molecule has 0 aromatic carbocycles. The molecule has 1 rings (SSSR count). The molecule has 0 fully saturated rings. The molecule has 1 N–H and O–H groups in total. The summed E-state index contributed by atoms with van der Waals surface area (Å²) in [6, 6.07) is 0. The molecule has 0 radical (unpaired) electrons. The molecule has 0 aromatic heterocycles. The molecule has 0 aromatic rings. The first kappa shape index (κ1) is 6.74. The standard InChI is InChI=1S/C7H6O3/c8-6-3-1-2-5(4-6)7(9)10/h1,3-4H,2H2,(H,9,10). The highest BCUT2D eigenvalue weighted by Crippen LogP contribution is 2.07. The Kier molecular flexibility index (Phi) is 1.67. The van der Waals surface area contributed by atoms with Gasteiger partial charge in [0, 0.05) is 5.57 Å². The minimum atomic E-state index is -1.02. The molecule has 52 valence electrons. The number of aliphatic carboxylic acids is 1. The Hall–Kier alpha value is -1.38. The normalized spacial score (nSPS) is 16.8. The lowest BCUT2D eigenvalue weighted by Crippen LogP contribution is -2.05. The molecule has 0 aliphatic heterocycles. The molecule has 0 heterocycles.